The topological polar surface area (TPSA) is 103 Å². The molecule has 4 aromatic carbocycles. The van der Waals surface area contributed by atoms with E-state index in [2.05, 4.69) is 41.5 Å². The average Bonchev–Trinajstić information content (AvgIpc) is 3.15. The molecule has 11 nitrogen and oxygen atoms in total. The summed E-state index contributed by atoms with van der Waals surface area (Å²) in [4.78, 5) is 6.69. The summed E-state index contributed by atoms with van der Waals surface area (Å²) in [6, 6.07) is 25.0. The molecule has 0 saturated carbocycles. The third-order valence-corrected chi connectivity index (χ3v) is 8.45. The van der Waals surface area contributed by atoms with Crippen molar-refractivity contribution in [1.82, 2.24) is 0 Å². The van der Waals surface area contributed by atoms with Crippen molar-refractivity contribution in [3.05, 3.63) is 128 Å². The number of hydrogen-bond acceptors (Lipinski definition) is 9. The molecular formula is C43H54B2Br2N2O9. The first-order valence-corrected chi connectivity index (χ1v) is 20.5. The smallest absolute Gasteiger partial charge is 0.457 e. The minimum Gasteiger partial charge on any atom is -0.457 e. The zero-order chi connectivity index (χ0) is 43.2. The Morgan fingerprint density at radius 2 is 0.828 bits per heavy atom. The van der Waals surface area contributed by atoms with Crippen molar-refractivity contribution >= 4 is 57.9 Å². The molecule has 0 aliphatic rings. The van der Waals surface area contributed by atoms with Crippen molar-refractivity contribution in [3.8, 4) is 23.0 Å². The maximum Gasteiger partial charge on any atom is 0.640 e. The predicted octanol–water partition coefficient (Wildman–Crippen LogP) is 12.7. The molecule has 0 aliphatic carbocycles. The fourth-order valence-electron chi connectivity index (χ4n) is 4.39. The number of halogens is 2. The lowest BCUT2D eigenvalue weighted by molar-refractivity contribution is 0.0334. The van der Waals surface area contributed by atoms with E-state index in [1.807, 2.05) is 99.6 Å². The van der Waals surface area contributed by atoms with Crippen LogP contribution in [0.5, 0.6) is 23.0 Å². The van der Waals surface area contributed by atoms with Gasteiger partial charge in [-0.05, 0) is 141 Å². The van der Waals surface area contributed by atoms with Crippen molar-refractivity contribution in [2.75, 3.05) is 0 Å². The van der Waals surface area contributed by atoms with Crippen molar-refractivity contribution < 1.29 is 42.5 Å². The number of nitrogens with zero attached hydrogens (tertiary/aromatic N) is 2. The van der Waals surface area contributed by atoms with Gasteiger partial charge in [0.05, 0.1) is 26.4 Å². The SMILES string of the molecule is CC(C)OB(OC(C)C)OC(C)C.[C-]#[N+]c1ccc(Oc2ccc(Br)c(CO)c2)cc1.[C-]#[N+]c1ccc(Oc2ccc(Br)c(COB(OC(C)C)OC(C)C)c2)cc1. The van der Waals surface area contributed by atoms with E-state index >= 15 is 0 Å². The Labute approximate surface area is 362 Å². The number of aliphatic hydroxyl groups is 1. The van der Waals surface area contributed by atoms with E-state index in [-0.39, 0.29) is 37.1 Å². The Morgan fingerprint density at radius 3 is 1.17 bits per heavy atom. The lowest BCUT2D eigenvalue weighted by Crippen LogP contribution is -2.34. The highest BCUT2D eigenvalue weighted by atomic mass is 79.9. The molecule has 0 radical (unpaired) electrons. The summed E-state index contributed by atoms with van der Waals surface area (Å²) in [5, 5.41) is 9.16. The van der Waals surface area contributed by atoms with Crippen molar-refractivity contribution in [1.29, 1.82) is 0 Å². The van der Waals surface area contributed by atoms with E-state index in [1.165, 1.54) is 0 Å². The highest BCUT2D eigenvalue weighted by Gasteiger charge is 2.26. The molecule has 0 heterocycles. The summed E-state index contributed by atoms with van der Waals surface area (Å²) in [7, 11) is -1.28. The van der Waals surface area contributed by atoms with Crippen molar-refractivity contribution in [2.45, 2.75) is 113 Å². The van der Waals surface area contributed by atoms with E-state index in [0.717, 1.165) is 20.1 Å². The molecule has 4 aromatic rings. The molecule has 0 amide bonds. The fourth-order valence-corrected chi connectivity index (χ4v) is 5.12. The van der Waals surface area contributed by atoms with Crippen LogP contribution in [0.1, 0.15) is 80.4 Å². The minimum atomic E-state index is -0.734. The molecule has 1 N–H and O–H groups in total. The van der Waals surface area contributed by atoms with E-state index in [0.29, 0.717) is 41.0 Å². The third kappa shape index (κ3) is 20.8. The molecule has 0 bridgehead atoms. The van der Waals surface area contributed by atoms with Crippen LogP contribution in [-0.2, 0) is 41.1 Å². The Hall–Kier alpha value is -3.73. The first-order chi connectivity index (χ1) is 27.5. The standard InChI is InChI=1S/C20H23BBrNO4.C14H10BrNO2.C9H21BO3/c1-14(2)26-21(27-15(3)4)24-13-16-12-19(10-11-20(16)22)25-18-8-6-17(23-5)7-9-18;1-16-11-2-4-12(5-3-11)18-13-6-7-14(15)10(8-13)9-17;1-7(2)11-10(12-8(3)4)13-9(5)6/h6-12,14-15H,13H2,1-4H3;2-8,17H,9H2;7-9H,1-6H3. The van der Waals surface area contributed by atoms with Crippen LogP contribution in [0.4, 0.5) is 11.4 Å². The summed E-state index contributed by atoms with van der Waals surface area (Å²) >= 11 is 6.88. The Balaban J connectivity index is 0.000000323. The maximum absolute atomic E-state index is 9.16. The first-order valence-electron chi connectivity index (χ1n) is 18.9. The fraction of sp³-hybridized carbons (Fsp3) is 0.395. The number of ether oxygens (including phenoxy) is 2. The molecule has 0 aromatic heterocycles. The second-order valence-corrected chi connectivity index (χ2v) is 15.6. The lowest BCUT2D eigenvalue weighted by Gasteiger charge is -2.20. The number of hydrogen-bond donors (Lipinski definition) is 1. The van der Waals surface area contributed by atoms with Gasteiger partial charge in [0.25, 0.3) is 0 Å². The number of rotatable bonds is 18. The molecule has 58 heavy (non-hydrogen) atoms. The van der Waals surface area contributed by atoms with Crippen LogP contribution in [0.2, 0.25) is 0 Å². The van der Waals surface area contributed by atoms with E-state index in [1.54, 1.807) is 54.6 Å². The van der Waals surface area contributed by atoms with Crippen LogP contribution in [0.15, 0.2) is 93.9 Å². The molecule has 0 unspecified atom stereocenters. The summed E-state index contributed by atoms with van der Waals surface area (Å²) in [5.74, 6) is 2.66. The van der Waals surface area contributed by atoms with Gasteiger partial charge < -0.3 is 42.5 Å². The molecule has 0 saturated heterocycles. The summed E-state index contributed by atoms with van der Waals surface area (Å²) in [5.41, 5.74) is 2.84. The molecular weight excluding hydrogens is 870 g/mol. The van der Waals surface area contributed by atoms with E-state index < -0.39 is 14.6 Å². The monoisotopic (exact) mass is 922 g/mol. The van der Waals surface area contributed by atoms with Crippen LogP contribution in [-0.4, -0.2) is 50.3 Å². The van der Waals surface area contributed by atoms with E-state index in [4.69, 9.17) is 55.7 Å². The molecule has 0 fully saturated rings. The average molecular weight is 924 g/mol. The van der Waals surface area contributed by atoms with Crippen LogP contribution in [0, 0.1) is 13.1 Å². The van der Waals surface area contributed by atoms with Gasteiger partial charge in [-0.15, -0.1) is 0 Å². The van der Waals surface area contributed by atoms with Gasteiger partial charge in [0.2, 0.25) is 0 Å². The largest absolute Gasteiger partial charge is 0.640 e. The lowest BCUT2D eigenvalue weighted by atomic mass is 10.1. The second kappa shape index (κ2) is 27.1. The van der Waals surface area contributed by atoms with Gasteiger partial charge in [-0.3, -0.25) is 0 Å². The summed E-state index contributed by atoms with van der Waals surface area (Å²) < 4.78 is 46.7. The van der Waals surface area contributed by atoms with Gasteiger partial charge in [-0.25, -0.2) is 9.69 Å². The molecule has 0 spiro atoms. The Bertz CT molecular complexity index is 1830. The van der Waals surface area contributed by atoms with Crippen LogP contribution >= 0.6 is 31.9 Å². The molecule has 15 heteroatoms. The quantitative estimate of drug-likeness (QED) is 0.0772. The minimum absolute atomic E-state index is 0.00899. The van der Waals surface area contributed by atoms with E-state index in [9.17, 15) is 0 Å². The highest BCUT2D eigenvalue weighted by Crippen LogP contribution is 2.30. The number of benzene rings is 4. The Kier molecular flexibility index (Phi) is 23.6. The first kappa shape index (κ1) is 50.4. The highest BCUT2D eigenvalue weighted by molar-refractivity contribution is 9.10. The van der Waals surface area contributed by atoms with Crippen molar-refractivity contribution in [2.24, 2.45) is 0 Å². The zero-order valence-electron chi connectivity index (χ0n) is 34.9. The Morgan fingerprint density at radius 1 is 0.500 bits per heavy atom. The molecule has 310 valence electrons. The van der Waals surface area contributed by atoms with Crippen LogP contribution in [0.25, 0.3) is 9.69 Å². The van der Waals surface area contributed by atoms with Crippen molar-refractivity contribution in [3.63, 3.8) is 0 Å². The number of aliphatic hydroxyl groups excluding tert-OH is 1. The van der Waals surface area contributed by atoms with Gasteiger partial charge >= 0.3 is 14.6 Å². The second-order valence-electron chi connectivity index (χ2n) is 13.9. The van der Waals surface area contributed by atoms with Gasteiger partial charge in [-0.1, -0.05) is 56.1 Å². The normalized spacial score (nSPS) is 10.8. The maximum atomic E-state index is 9.16. The molecule has 4 rings (SSSR count). The molecule has 0 atom stereocenters. The summed E-state index contributed by atoms with van der Waals surface area (Å²) in [6.07, 6.45) is 0.322. The van der Waals surface area contributed by atoms with Gasteiger partial charge in [0.15, 0.2) is 11.4 Å². The summed E-state index contributed by atoms with van der Waals surface area (Å²) in [6.45, 7) is 33.6. The van der Waals surface area contributed by atoms with Gasteiger partial charge in [-0.2, -0.15) is 0 Å². The zero-order valence-corrected chi connectivity index (χ0v) is 38.1. The van der Waals surface area contributed by atoms with Gasteiger partial charge in [0.1, 0.15) is 23.0 Å². The van der Waals surface area contributed by atoms with Gasteiger partial charge in [0, 0.05) is 39.5 Å². The third-order valence-electron chi connectivity index (χ3n) is 6.90. The predicted molar refractivity (Wildman–Crippen MR) is 237 cm³/mol. The van der Waals surface area contributed by atoms with Crippen LogP contribution < -0.4 is 9.47 Å². The van der Waals surface area contributed by atoms with Crippen LogP contribution in [0.3, 0.4) is 0 Å². The molecule has 0 aliphatic heterocycles.